The highest BCUT2D eigenvalue weighted by Gasteiger charge is 2.10. The van der Waals surface area contributed by atoms with Crippen LogP contribution in [0.4, 0.5) is 0 Å². The molecule has 92 valence electrons. The quantitative estimate of drug-likeness (QED) is 0.765. The van der Waals surface area contributed by atoms with Crippen molar-refractivity contribution in [1.82, 2.24) is 0 Å². The van der Waals surface area contributed by atoms with Crippen LogP contribution in [0.1, 0.15) is 15.9 Å². The molecule has 0 spiro atoms. The van der Waals surface area contributed by atoms with E-state index in [0.29, 0.717) is 0 Å². The molecular weight excluding hydrogens is 224 g/mol. The second-order valence-corrected chi connectivity index (χ2v) is 4.25. The van der Waals surface area contributed by atoms with E-state index < -0.39 is 0 Å². The summed E-state index contributed by atoms with van der Waals surface area (Å²) in [6, 6.07) is 16.0. The van der Waals surface area contributed by atoms with E-state index in [4.69, 9.17) is 4.74 Å². The third kappa shape index (κ3) is 2.66. The van der Waals surface area contributed by atoms with E-state index in [1.165, 1.54) is 7.11 Å². The normalized spacial score (nSPS) is 10.3. The van der Waals surface area contributed by atoms with Gasteiger partial charge in [0.1, 0.15) is 6.61 Å². The summed E-state index contributed by atoms with van der Waals surface area (Å²) >= 11 is 0. The molecule has 2 aromatic rings. The Morgan fingerprint density at radius 1 is 1.06 bits per heavy atom. The van der Waals surface area contributed by atoms with E-state index in [0.717, 1.165) is 22.3 Å². The largest absolute Gasteiger partial charge is 0.377 e. The Kier molecular flexibility index (Phi) is 3.90. The molecule has 0 bridgehead atoms. The fraction of sp³-hybridized carbons (Fsp3) is 0.188. The Balaban J connectivity index is 2.41. The Bertz CT molecular complexity index is 544. The van der Waals surface area contributed by atoms with Gasteiger partial charge in [0.2, 0.25) is 0 Å². The van der Waals surface area contributed by atoms with Gasteiger partial charge in [-0.2, -0.15) is 0 Å². The van der Waals surface area contributed by atoms with Crippen molar-refractivity contribution in [2.24, 2.45) is 0 Å². The van der Waals surface area contributed by atoms with Gasteiger partial charge in [0.15, 0.2) is 5.78 Å². The average Bonchev–Trinajstić information content (AvgIpc) is 2.40. The van der Waals surface area contributed by atoms with Crippen LogP contribution in [0.15, 0.2) is 48.5 Å². The van der Waals surface area contributed by atoms with Crippen molar-refractivity contribution in [1.29, 1.82) is 0 Å². The van der Waals surface area contributed by atoms with Gasteiger partial charge < -0.3 is 4.74 Å². The molecule has 0 amide bonds. The number of ketones is 1. The molecule has 0 heterocycles. The molecule has 0 saturated carbocycles. The smallest absolute Gasteiger partial charge is 0.188 e. The maximum absolute atomic E-state index is 11.9. The van der Waals surface area contributed by atoms with Crippen molar-refractivity contribution in [2.45, 2.75) is 6.92 Å². The van der Waals surface area contributed by atoms with Gasteiger partial charge in [-0.05, 0) is 29.7 Å². The van der Waals surface area contributed by atoms with Crippen molar-refractivity contribution in [3.63, 3.8) is 0 Å². The van der Waals surface area contributed by atoms with Crippen LogP contribution >= 0.6 is 0 Å². The van der Waals surface area contributed by atoms with Crippen molar-refractivity contribution < 1.29 is 9.53 Å². The molecular formula is C16H16O2. The fourth-order valence-electron chi connectivity index (χ4n) is 1.94. The van der Waals surface area contributed by atoms with E-state index in [9.17, 15) is 4.79 Å². The molecule has 0 atom stereocenters. The number of hydrogen-bond acceptors (Lipinski definition) is 2. The first-order chi connectivity index (χ1) is 8.72. The molecule has 2 nitrogen and oxygen atoms in total. The van der Waals surface area contributed by atoms with Crippen LogP contribution in [0.3, 0.4) is 0 Å². The first-order valence-electron chi connectivity index (χ1n) is 5.90. The predicted molar refractivity (Wildman–Crippen MR) is 72.8 cm³/mol. The number of benzene rings is 2. The summed E-state index contributed by atoms with van der Waals surface area (Å²) in [5.41, 5.74) is 3.89. The van der Waals surface area contributed by atoms with Crippen molar-refractivity contribution in [2.75, 3.05) is 13.7 Å². The molecule has 0 fully saturated rings. The summed E-state index contributed by atoms with van der Waals surface area (Å²) < 4.78 is 4.91. The third-order valence-corrected chi connectivity index (χ3v) is 2.92. The molecule has 18 heavy (non-hydrogen) atoms. The predicted octanol–water partition coefficient (Wildman–Crippen LogP) is 3.49. The summed E-state index contributed by atoms with van der Waals surface area (Å²) in [6.45, 7) is 2.07. The average molecular weight is 240 g/mol. The van der Waals surface area contributed by atoms with E-state index in [2.05, 4.69) is 0 Å². The Labute approximate surface area is 107 Å². The molecule has 2 heteroatoms. The van der Waals surface area contributed by atoms with E-state index in [1.54, 1.807) is 0 Å². The van der Waals surface area contributed by atoms with E-state index >= 15 is 0 Å². The third-order valence-electron chi connectivity index (χ3n) is 2.92. The minimum atomic E-state index is 0.0211. The zero-order valence-electron chi connectivity index (χ0n) is 10.6. The number of carbonyl (C=O) groups is 1. The minimum Gasteiger partial charge on any atom is -0.377 e. The number of Topliss-reactive ketones (excluding diaryl/α,β-unsaturated/α-hetero) is 1. The van der Waals surface area contributed by atoms with Crippen LogP contribution in [0.5, 0.6) is 0 Å². The van der Waals surface area contributed by atoms with Crippen LogP contribution in [-0.4, -0.2) is 19.5 Å². The minimum absolute atomic E-state index is 0.0211. The van der Waals surface area contributed by atoms with Gasteiger partial charge in [-0.1, -0.05) is 42.5 Å². The molecule has 2 aromatic carbocycles. The maximum Gasteiger partial charge on any atom is 0.188 e. The second kappa shape index (κ2) is 5.61. The van der Waals surface area contributed by atoms with Crippen LogP contribution in [-0.2, 0) is 4.74 Å². The molecule has 0 aliphatic carbocycles. The SMILES string of the molecule is COCC(=O)c1cc(-c2ccccc2)ccc1C. The van der Waals surface area contributed by atoms with Crippen LogP contribution < -0.4 is 0 Å². The highest BCUT2D eigenvalue weighted by molar-refractivity contribution is 5.99. The molecule has 0 aliphatic rings. The van der Waals surface area contributed by atoms with Gasteiger partial charge in [-0.25, -0.2) is 0 Å². The molecule has 0 unspecified atom stereocenters. The highest BCUT2D eigenvalue weighted by atomic mass is 16.5. The van der Waals surface area contributed by atoms with Crippen LogP contribution in [0, 0.1) is 6.92 Å². The number of hydrogen-bond donors (Lipinski definition) is 0. The first kappa shape index (κ1) is 12.5. The Morgan fingerprint density at radius 2 is 1.78 bits per heavy atom. The number of ether oxygens (including phenoxy) is 1. The standard InChI is InChI=1S/C16H16O2/c1-12-8-9-14(13-6-4-3-5-7-13)10-15(12)16(17)11-18-2/h3-10H,11H2,1-2H3. The number of aryl methyl sites for hydroxylation is 1. The number of methoxy groups -OCH3 is 1. The molecule has 2 rings (SSSR count). The lowest BCUT2D eigenvalue weighted by molar-refractivity contribution is 0.0847. The lowest BCUT2D eigenvalue weighted by Crippen LogP contribution is -2.08. The second-order valence-electron chi connectivity index (χ2n) is 4.25. The van der Waals surface area contributed by atoms with Crippen LogP contribution in [0.2, 0.25) is 0 Å². The monoisotopic (exact) mass is 240 g/mol. The number of rotatable bonds is 4. The Morgan fingerprint density at radius 3 is 2.44 bits per heavy atom. The molecule has 0 radical (unpaired) electrons. The van der Waals surface area contributed by atoms with Gasteiger partial charge in [-0.15, -0.1) is 0 Å². The van der Waals surface area contributed by atoms with Gasteiger partial charge in [-0.3, -0.25) is 4.79 Å². The van der Waals surface area contributed by atoms with Crippen molar-refractivity contribution >= 4 is 5.78 Å². The topological polar surface area (TPSA) is 26.3 Å². The summed E-state index contributed by atoms with van der Waals surface area (Å²) in [7, 11) is 1.54. The first-order valence-corrected chi connectivity index (χ1v) is 5.90. The molecule has 0 saturated heterocycles. The maximum atomic E-state index is 11.9. The fourth-order valence-corrected chi connectivity index (χ4v) is 1.94. The highest BCUT2D eigenvalue weighted by Crippen LogP contribution is 2.22. The summed E-state index contributed by atoms with van der Waals surface area (Å²) in [6.07, 6.45) is 0. The van der Waals surface area contributed by atoms with Crippen molar-refractivity contribution in [3.8, 4) is 11.1 Å². The zero-order valence-corrected chi connectivity index (χ0v) is 10.6. The van der Waals surface area contributed by atoms with Gasteiger partial charge in [0.25, 0.3) is 0 Å². The summed E-state index contributed by atoms with van der Waals surface area (Å²) in [4.78, 5) is 11.9. The van der Waals surface area contributed by atoms with Crippen molar-refractivity contribution in [3.05, 3.63) is 59.7 Å². The van der Waals surface area contributed by atoms with Crippen LogP contribution in [0.25, 0.3) is 11.1 Å². The van der Waals surface area contributed by atoms with Gasteiger partial charge in [0.05, 0.1) is 0 Å². The summed E-state index contributed by atoms with van der Waals surface area (Å²) in [5.74, 6) is 0.0211. The van der Waals surface area contributed by atoms with Gasteiger partial charge in [0, 0.05) is 12.7 Å². The lowest BCUT2D eigenvalue weighted by Gasteiger charge is -2.08. The zero-order chi connectivity index (χ0) is 13.0. The molecule has 0 aliphatic heterocycles. The Hall–Kier alpha value is -1.93. The van der Waals surface area contributed by atoms with E-state index in [-0.39, 0.29) is 12.4 Å². The number of carbonyl (C=O) groups excluding carboxylic acids is 1. The lowest BCUT2D eigenvalue weighted by atomic mass is 9.98. The molecule has 0 N–H and O–H groups in total. The van der Waals surface area contributed by atoms with E-state index in [1.807, 2.05) is 55.5 Å². The summed E-state index contributed by atoms with van der Waals surface area (Å²) in [5, 5.41) is 0. The molecule has 0 aromatic heterocycles. The van der Waals surface area contributed by atoms with Gasteiger partial charge >= 0.3 is 0 Å².